The van der Waals surface area contributed by atoms with Crippen molar-refractivity contribution in [2.75, 3.05) is 19.5 Å². The number of ether oxygens (including phenoxy) is 1. The standard InChI is InChI=1S/C12H13ClFN3O/c1-18-6-5-9-10(12(15)17-16-9)7-3-2-4-8(13)11(7)14/h2-4H,5-6H2,1H3,(H3,15,16,17). The highest BCUT2D eigenvalue weighted by atomic mass is 35.5. The molecule has 0 unspecified atom stereocenters. The molecule has 0 fully saturated rings. The van der Waals surface area contributed by atoms with Crippen LogP contribution in [0.1, 0.15) is 5.69 Å². The third-order valence-corrected chi connectivity index (χ3v) is 2.94. The number of halogens is 2. The van der Waals surface area contributed by atoms with Crippen LogP contribution in [-0.4, -0.2) is 23.9 Å². The summed E-state index contributed by atoms with van der Waals surface area (Å²) in [6.45, 7) is 0.497. The number of aromatic amines is 1. The molecule has 1 aromatic heterocycles. The molecule has 4 nitrogen and oxygen atoms in total. The molecule has 0 aliphatic rings. The molecule has 96 valence electrons. The summed E-state index contributed by atoms with van der Waals surface area (Å²) in [5.74, 6) is -0.242. The quantitative estimate of drug-likeness (QED) is 0.897. The number of nitrogens with one attached hydrogen (secondary N) is 1. The summed E-state index contributed by atoms with van der Waals surface area (Å²) >= 11 is 5.77. The van der Waals surface area contributed by atoms with E-state index in [0.29, 0.717) is 24.2 Å². The van der Waals surface area contributed by atoms with Crippen molar-refractivity contribution < 1.29 is 9.13 Å². The van der Waals surface area contributed by atoms with E-state index in [-0.39, 0.29) is 10.8 Å². The first kappa shape index (κ1) is 12.9. The second-order valence-electron chi connectivity index (χ2n) is 3.81. The molecule has 0 aliphatic carbocycles. The number of hydrogen-bond donors (Lipinski definition) is 2. The third-order valence-electron chi connectivity index (χ3n) is 2.65. The molecule has 6 heteroatoms. The lowest BCUT2D eigenvalue weighted by atomic mass is 10.0. The molecule has 0 saturated heterocycles. The minimum absolute atomic E-state index is 0.0609. The van der Waals surface area contributed by atoms with Gasteiger partial charge in [0.15, 0.2) is 5.82 Å². The Morgan fingerprint density at radius 1 is 1.50 bits per heavy atom. The van der Waals surface area contributed by atoms with Crippen LogP contribution in [0, 0.1) is 5.82 Å². The predicted octanol–water partition coefficient (Wildman–Crippen LogP) is 2.64. The van der Waals surface area contributed by atoms with Gasteiger partial charge in [0.2, 0.25) is 0 Å². The lowest BCUT2D eigenvalue weighted by Crippen LogP contribution is -1.98. The molecule has 3 N–H and O–H groups in total. The Hall–Kier alpha value is -1.59. The van der Waals surface area contributed by atoms with E-state index in [2.05, 4.69) is 10.2 Å². The molecule has 0 atom stereocenters. The molecule has 18 heavy (non-hydrogen) atoms. The zero-order valence-corrected chi connectivity index (χ0v) is 10.6. The Morgan fingerprint density at radius 3 is 3.00 bits per heavy atom. The van der Waals surface area contributed by atoms with Gasteiger partial charge < -0.3 is 10.5 Å². The Bertz CT molecular complexity index is 556. The molecule has 1 heterocycles. The van der Waals surface area contributed by atoms with E-state index in [9.17, 15) is 4.39 Å². The molecule has 2 aromatic rings. The first-order valence-corrected chi connectivity index (χ1v) is 5.79. The van der Waals surface area contributed by atoms with Crippen molar-refractivity contribution in [3.8, 4) is 11.1 Å². The minimum atomic E-state index is -0.495. The summed E-state index contributed by atoms with van der Waals surface area (Å²) in [5, 5.41) is 6.75. The van der Waals surface area contributed by atoms with E-state index in [4.69, 9.17) is 22.1 Å². The highest BCUT2D eigenvalue weighted by molar-refractivity contribution is 6.31. The van der Waals surface area contributed by atoms with Crippen LogP contribution in [0.4, 0.5) is 10.2 Å². The predicted molar refractivity (Wildman–Crippen MR) is 69.0 cm³/mol. The summed E-state index contributed by atoms with van der Waals surface area (Å²) in [6.07, 6.45) is 0.571. The number of hydrogen-bond acceptors (Lipinski definition) is 3. The van der Waals surface area contributed by atoms with Crippen LogP contribution in [0.25, 0.3) is 11.1 Å². The lowest BCUT2D eigenvalue weighted by Gasteiger charge is -2.06. The van der Waals surface area contributed by atoms with Crippen molar-refractivity contribution in [3.05, 3.63) is 34.7 Å². The summed E-state index contributed by atoms with van der Waals surface area (Å²) < 4.78 is 19.0. The molecule has 1 aromatic carbocycles. The van der Waals surface area contributed by atoms with Gasteiger partial charge in [-0.3, -0.25) is 5.10 Å². The molecular formula is C12H13ClFN3O. The number of nitrogen functional groups attached to an aromatic ring is 1. The first-order valence-electron chi connectivity index (χ1n) is 5.41. The van der Waals surface area contributed by atoms with Crippen LogP contribution in [0.3, 0.4) is 0 Å². The van der Waals surface area contributed by atoms with Gasteiger partial charge in [-0.1, -0.05) is 23.7 Å². The van der Waals surface area contributed by atoms with E-state index < -0.39 is 5.82 Å². The van der Waals surface area contributed by atoms with Crippen LogP contribution >= 0.6 is 11.6 Å². The maximum Gasteiger partial charge on any atom is 0.153 e. The Kier molecular flexibility index (Phi) is 3.84. The largest absolute Gasteiger partial charge is 0.384 e. The highest BCUT2D eigenvalue weighted by Crippen LogP contribution is 2.33. The fraction of sp³-hybridized carbons (Fsp3) is 0.250. The zero-order valence-electron chi connectivity index (χ0n) is 9.84. The van der Waals surface area contributed by atoms with Gasteiger partial charge >= 0.3 is 0 Å². The van der Waals surface area contributed by atoms with E-state index in [1.54, 1.807) is 19.2 Å². The summed E-state index contributed by atoms with van der Waals surface area (Å²) in [7, 11) is 1.60. The second kappa shape index (κ2) is 5.37. The van der Waals surface area contributed by atoms with Crippen molar-refractivity contribution in [1.29, 1.82) is 0 Å². The van der Waals surface area contributed by atoms with Crippen molar-refractivity contribution in [2.45, 2.75) is 6.42 Å². The van der Waals surface area contributed by atoms with Gasteiger partial charge in [-0.05, 0) is 6.07 Å². The average molecular weight is 270 g/mol. The van der Waals surface area contributed by atoms with Crippen molar-refractivity contribution >= 4 is 17.4 Å². The van der Waals surface area contributed by atoms with Crippen LogP contribution in [-0.2, 0) is 11.2 Å². The molecule has 0 radical (unpaired) electrons. The SMILES string of the molecule is COCCc1[nH]nc(N)c1-c1cccc(Cl)c1F. The van der Waals surface area contributed by atoms with Crippen LogP contribution in [0.15, 0.2) is 18.2 Å². The number of methoxy groups -OCH3 is 1. The Labute approximate surface area is 109 Å². The van der Waals surface area contributed by atoms with Crippen LogP contribution in [0.2, 0.25) is 5.02 Å². The zero-order chi connectivity index (χ0) is 13.1. The van der Waals surface area contributed by atoms with Gasteiger partial charge in [-0.2, -0.15) is 5.10 Å². The van der Waals surface area contributed by atoms with E-state index in [0.717, 1.165) is 5.69 Å². The number of benzene rings is 1. The van der Waals surface area contributed by atoms with Gasteiger partial charge in [-0.15, -0.1) is 0 Å². The van der Waals surface area contributed by atoms with Crippen LogP contribution in [0.5, 0.6) is 0 Å². The maximum absolute atomic E-state index is 14.0. The highest BCUT2D eigenvalue weighted by Gasteiger charge is 2.17. The molecule has 0 bridgehead atoms. The number of nitrogens with two attached hydrogens (primary N) is 1. The molecular weight excluding hydrogens is 257 g/mol. The summed E-state index contributed by atoms with van der Waals surface area (Å²) in [6, 6.07) is 4.79. The van der Waals surface area contributed by atoms with Gasteiger partial charge in [0, 0.05) is 30.4 Å². The number of anilines is 1. The fourth-order valence-corrected chi connectivity index (χ4v) is 1.95. The normalized spacial score (nSPS) is 10.8. The van der Waals surface area contributed by atoms with Crippen molar-refractivity contribution in [2.24, 2.45) is 0 Å². The molecule has 0 spiro atoms. The van der Waals surface area contributed by atoms with Gasteiger partial charge in [0.25, 0.3) is 0 Å². The minimum Gasteiger partial charge on any atom is -0.384 e. The number of nitrogens with zero attached hydrogens (tertiary/aromatic N) is 1. The van der Waals surface area contributed by atoms with Crippen molar-refractivity contribution in [1.82, 2.24) is 10.2 Å². The van der Waals surface area contributed by atoms with E-state index >= 15 is 0 Å². The average Bonchev–Trinajstić information content (AvgIpc) is 2.72. The number of rotatable bonds is 4. The smallest absolute Gasteiger partial charge is 0.153 e. The maximum atomic E-state index is 14.0. The van der Waals surface area contributed by atoms with Crippen molar-refractivity contribution in [3.63, 3.8) is 0 Å². The molecule has 0 saturated carbocycles. The summed E-state index contributed by atoms with van der Waals surface area (Å²) in [4.78, 5) is 0. The van der Waals surface area contributed by atoms with Gasteiger partial charge in [0.05, 0.1) is 11.6 Å². The number of H-pyrrole nitrogens is 1. The topological polar surface area (TPSA) is 63.9 Å². The second-order valence-corrected chi connectivity index (χ2v) is 4.21. The lowest BCUT2D eigenvalue weighted by molar-refractivity contribution is 0.201. The van der Waals surface area contributed by atoms with E-state index in [1.807, 2.05) is 0 Å². The molecule has 2 rings (SSSR count). The molecule has 0 aliphatic heterocycles. The van der Waals surface area contributed by atoms with E-state index in [1.165, 1.54) is 6.07 Å². The monoisotopic (exact) mass is 269 g/mol. The molecule has 0 amide bonds. The first-order chi connectivity index (χ1) is 8.65. The van der Waals surface area contributed by atoms with Crippen LogP contribution < -0.4 is 5.73 Å². The van der Waals surface area contributed by atoms with Gasteiger partial charge in [-0.25, -0.2) is 4.39 Å². The Morgan fingerprint density at radius 2 is 2.28 bits per heavy atom. The third kappa shape index (κ3) is 2.32. The van der Waals surface area contributed by atoms with Gasteiger partial charge in [0.1, 0.15) is 5.82 Å². The Balaban J connectivity index is 2.49. The summed E-state index contributed by atoms with van der Waals surface area (Å²) in [5.41, 5.74) is 7.40. The fourth-order valence-electron chi connectivity index (χ4n) is 1.78. The number of aromatic nitrogens is 2.